The first-order chi connectivity index (χ1) is 11.5. The summed E-state index contributed by atoms with van der Waals surface area (Å²) in [5.41, 5.74) is 0.0819. The van der Waals surface area contributed by atoms with Crippen molar-refractivity contribution >= 4 is 22.9 Å². The van der Waals surface area contributed by atoms with E-state index in [1.54, 1.807) is 7.05 Å². The van der Waals surface area contributed by atoms with E-state index in [4.69, 9.17) is 0 Å². The Morgan fingerprint density at radius 2 is 1.88 bits per heavy atom. The first kappa shape index (κ1) is 16.8. The summed E-state index contributed by atoms with van der Waals surface area (Å²) in [4.78, 5) is 25.3. The number of hydrogen-bond acceptors (Lipinski definition) is 4. The Bertz CT molecular complexity index is 940. The highest BCUT2D eigenvalue weighted by molar-refractivity contribution is 7.97. The van der Waals surface area contributed by atoms with Crippen molar-refractivity contribution in [2.45, 2.75) is 24.3 Å². The first-order valence-electron chi connectivity index (χ1n) is 7.94. The molecule has 1 aliphatic rings. The molecule has 6 heteroatoms. The first-order valence-corrected chi connectivity index (χ1v) is 8.76. The van der Waals surface area contributed by atoms with Gasteiger partial charge in [-0.05, 0) is 42.5 Å². The summed E-state index contributed by atoms with van der Waals surface area (Å²) < 4.78 is 6.09. The summed E-state index contributed by atoms with van der Waals surface area (Å²) in [6, 6.07) is 5.88. The fraction of sp³-hybridized carbons (Fsp3) is 0.333. The molecule has 2 atom stereocenters. The summed E-state index contributed by atoms with van der Waals surface area (Å²) in [5.74, 6) is 0.525. The van der Waals surface area contributed by atoms with Crippen molar-refractivity contribution in [3.63, 3.8) is 0 Å². The molecule has 2 unspecified atom stereocenters. The molecule has 0 radical (unpaired) electrons. The zero-order chi connectivity index (χ0) is 17.3. The average Bonchev–Trinajstić information content (AvgIpc) is 2.80. The number of nitrogens with zero attached hydrogens (tertiary/aromatic N) is 2. The lowest BCUT2D eigenvalue weighted by Gasteiger charge is -2.16. The van der Waals surface area contributed by atoms with Crippen LogP contribution >= 0.6 is 11.9 Å². The van der Waals surface area contributed by atoms with E-state index in [-0.39, 0.29) is 17.3 Å². The van der Waals surface area contributed by atoms with E-state index >= 15 is 0 Å². The fourth-order valence-electron chi connectivity index (χ4n) is 2.88. The SMILES string of the molecule is CC1C=CC=CC(NSc2ccc3c(c2)c(=O)n(C)c(=O)n3C)C1. The van der Waals surface area contributed by atoms with Gasteiger partial charge in [-0.15, -0.1) is 0 Å². The molecule has 2 aromatic rings. The number of aromatic nitrogens is 2. The fourth-order valence-corrected chi connectivity index (χ4v) is 3.65. The molecule has 0 fully saturated rings. The Morgan fingerprint density at radius 3 is 2.67 bits per heavy atom. The highest BCUT2D eigenvalue weighted by Crippen LogP contribution is 2.22. The van der Waals surface area contributed by atoms with Crippen LogP contribution in [0.25, 0.3) is 10.9 Å². The van der Waals surface area contributed by atoms with E-state index in [2.05, 4.69) is 35.9 Å². The molecular formula is C18H21N3O2S. The monoisotopic (exact) mass is 343 g/mol. The van der Waals surface area contributed by atoms with Gasteiger partial charge in [0.2, 0.25) is 0 Å². The van der Waals surface area contributed by atoms with Crippen LogP contribution in [-0.4, -0.2) is 15.2 Å². The van der Waals surface area contributed by atoms with Gasteiger partial charge in [-0.3, -0.25) is 18.7 Å². The van der Waals surface area contributed by atoms with Gasteiger partial charge < -0.3 is 0 Å². The van der Waals surface area contributed by atoms with Crippen molar-refractivity contribution in [1.29, 1.82) is 0 Å². The highest BCUT2D eigenvalue weighted by Gasteiger charge is 2.12. The van der Waals surface area contributed by atoms with E-state index in [1.807, 2.05) is 18.2 Å². The largest absolute Gasteiger partial charge is 0.330 e. The van der Waals surface area contributed by atoms with Crippen LogP contribution in [0, 0.1) is 5.92 Å². The number of rotatable bonds is 3. The smallest absolute Gasteiger partial charge is 0.296 e. The molecule has 24 heavy (non-hydrogen) atoms. The van der Waals surface area contributed by atoms with Crippen LogP contribution in [0.3, 0.4) is 0 Å². The maximum atomic E-state index is 12.3. The van der Waals surface area contributed by atoms with Crippen LogP contribution in [0.15, 0.2) is 57.0 Å². The topological polar surface area (TPSA) is 56.0 Å². The molecule has 0 saturated heterocycles. The van der Waals surface area contributed by atoms with Gasteiger partial charge in [-0.25, -0.2) is 4.79 Å². The zero-order valence-electron chi connectivity index (χ0n) is 14.0. The van der Waals surface area contributed by atoms with Crippen molar-refractivity contribution < 1.29 is 0 Å². The Balaban J connectivity index is 1.86. The third-order valence-corrected chi connectivity index (χ3v) is 5.20. The van der Waals surface area contributed by atoms with Crippen LogP contribution in [0.1, 0.15) is 13.3 Å². The molecule has 1 N–H and O–H groups in total. The van der Waals surface area contributed by atoms with Crippen molar-refractivity contribution in [2.24, 2.45) is 20.0 Å². The molecular weight excluding hydrogens is 322 g/mol. The quantitative estimate of drug-likeness (QED) is 0.869. The Morgan fingerprint density at radius 1 is 1.12 bits per heavy atom. The predicted octanol–water partition coefficient (Wildman–Crippen LogP) is 2.35. The molecule has 1 aromatic carbocycles. The molecule has 0 saturated carbocycles. The lowest BCUT2D eigenvalue weighted by atomic mass is 10.0. The second-order valence-electron chi connectivity index (χ2n) is 6.19. The minimum atomic E-state index is -0.309. The van der Waals surface area contributed by atoms with Crippen molar-refractivity contribution in [3.05, 3.63) is 63.3 Å². The zero-order valence-corrected chi connectivity index (χ0v) is 14.8. The predicted molar refractivity (Wildman–Crippen MR) is 99.3 cm³/mol. The molecule has 5 nitrogen and oxygen atoms in total. The molecule has 0 bridgehead atoms. The molecule has 0 aliphatic heterocycles. The van der Waals surface area contributed by atoms with Gasteiger partial charge in [0.25, 0.3) is 5.56 Å². The van der Waals surface area contributed by atoms with E-state index in [0.717, 1.165) is 15.9 Å². The van der Waals surface area contributed by atoms with E-state index in [1.165, 1.54) is 23.6 Å². The summed E-state index contributed by atoms with van der Waals surface area (Å²) in [6.45, 7) is 2.20. The van der Waals surface area contributed by atoms with Crippen LogP contribution < -0.4 is 16.0 Å². The summed E-state index contributed by atoms with van der Waals surface area (Å²) in [7, 11) is 3.19. The maximum Gasteiger partial charge on any atom is 0.330 e. The summed E-state index contributed by atoms with van der Waals surface area (Å²) in [5, 5.41) is 0.554. The molecule has 1 aliphatic carbocycles. The van der Waals surface area contributed by atoms with Gasteiger partial charge in [-0.1, -0.05) is 31.2 Å². The number of fused-ring (bicyclic) bond motifs is 1. The van der Waals surface area contributed by atoms with Gasteiger partial charge in [0, 0.05) is 25.0 Å². The highest BCUT2D eigenvalue weighted by atomic mass is 32.2. The van der Waals surface area contributed by atoms with Gasteiger partial charge >= 0.3 is 5.69 Å². The second kappa shape index (κ2) is 6.83. The van der Waals surface area contributed by atoms with Crippen LogP contribution in [0.2, 0.25) is 0 Å². The minimum absolute atomic E-state index is 0.261. The number of allylic oxidation sites excluding steroid dienone is 3. The van der Waals surface area contributed by atoms with Gasteiger partial charge in [0.1, 0.15) is 0 Å². The van der Waals surface area contributed by atoms with Crippen molar-refractivity contribution in [1.82, 2.24) is 13.9 Å². The number of nitrogens with one attached hydrogen (secondary N) is 1. The molecule has 3 rings (SSSR count). The Kier molecular flexibility index (Phi) is 4.78. The lowest BCUT2D eigenvalue weighted by molar-refractivity contribution is 0.578. The second-order valence-corrected chi connectivity index (χ2v) is 7.11. The molecule has 126 valence electrons. The van der Waals surface area contributed by atoms with Crippen LogP contribution in [0.5, 0.6) is 0 Å². The van der Waals surface area contributed by atoms with Gasteiger partial charge in [0.15, 0.2) is 0 Å². The van der Waals surface area contributed by atoms with E-state index < -0.39 is 0 Å². The normalized spacial score (nSPS) is 20.5. The molecule has 0 spiro atoms. The molecule has 0 amide bonds. The van der Waals surface area contributed by atoms with Crippen LogP contribution in [0.4, 0.5) is 0 Å². The third-order valence-electron chi connectivity index (χ3n) is 4.29. The van der Waals surface area contributed by atoms with Gasteiger partial charge in [-0.2, -0.15) is 0 Å². The molecule has 1 aromatic heterocycles. The van der Waals surface area contributed by atoms with Crippen molar-refractivity contribution in [3.8, 4) is 0 Å². The minimum Gasteiger partial charge on any atom is -0.296 e. The van der Waals surface area contributed by atoms with E-state index in [0.29, 0.717) is 16.8 Å². The van der Waals surface area contributed by atoms with E-state index in [9.17, 15) is 9.59 Å². The maximum absolute atomic E-state index is 12.3. The van der Waals surface area contributed by atoms with Crippen LogP contribution in [-0.2, 0) is 14.1 Å². The Labute approximate surface area is 144 Å². The summed E-state index contributed by atoms with van der Waals surface area (Å²) >= 11 is 1.51. The summed E-state index contributed by atoms with van der Waals surface area (Å²) in [6.07, 6.45) is 9.52. The van der Waals surface area contributed by atoms with Crippen molar-refractivity contribution in [2.75, 3.05) is 0 Å². The molecule has 1 heterocycles. The number of benzene rings is 1. The Hall–Kier alpha value is -2.05. The lowest BCUT2D eigenvalue weighted by Crippen LogP contribution is -2.36. The third kappa shape index (κ3) is 3.25. The standard InChI is InChI=1S/C18H21N3O2S/c1-12-6-4-5-7-13(10-12)19-24-14-8-9-16-15(11-14)17(22)21(3)18(23)20(16)2/h4-9,11-13,19H,10H2,1-3H3. The average molecular weight is 343 g/mol. The van der Waals surface area contributed by atoms with Gasteiger partial charge in [0.05, 0.1) is 10.9 Å². The number of aryl methyl sites for hydroxylation is 1. The number of hydrogen-bond donors (Lipinski definition) is 1.